The van der Waals surface area contributed by atoms with Crippen LogP contribution in [0.3, 0.4) is 0 Å². The molecule has 1 rings (SSSR count). The Morgan fingerprint density at radius 3 is 2.58 bits per heavy atom. The third-order valence-corrected chi connectivity index (χ3v) is 1.40. The molecule has 3 nitrogen and oxygen atoms in total. The summed E-state index contributed by atoms with van der Waals surface area (Å²) in [4.78, 5) is 13.5. The zero-order valence-electron chi connectivity index (χ0n) is 6.14. The molecule has 0 saturated carbocycles. The fourth-order valence-corrected chi connectivity index (χ4v) is 0.783. The summed E-state index contributed by atoms with van der Waals surface area (Å²) in [5.41, 5.74) is -0.998. The molecule has 62 valence electrons. The maximum absolute atomic E-state index is 12.7. The maximum Gasteiger partial charge on any atom is 0.354 e. The van der Waals surface area contributed by atoms with Crippen molar-refractivity contribution in [3.05, 3.63) is 39.5 Å². The quantitative estimate of drug-likeness (QED) is 0.537. The first-order chi connectivity index (χ1) is 5.57. The zero-order valence-corrected chi connectivity index (χ0v) is 6.14. The predicted molar refractivity (Wildman–Crippen MR) is 37.9 cm³/mol. The lowest BCUT2D eigenvalue weighted by molar-refractivity contribution is 0.550. The molecule has 0 aromatic carbocycles. The van der Waals surface area contributed by atoms with Crippen LogP contribution in [-0.4, -0.2) is 4.57 Å². The van der Waals surface area contributed by atoms with E-state index in [2.05, 4.69) is 4.85 Å². The molecule has 0 amide bonds. The smallest absolute Gasteiger partial charge is 0.354 e. The van der Waals surface area contributed by atoms with Crippen LogP contribution >= 0.6 is 0 Å². The van der Waals surface area contributed by atoms with Crippen LogP contribution in [0.1, 0.15) is 0 Å². The normalized spacial score (nSPS) is 9.50. The second kappa shape index (κ2) is 2.74. The van der Waals surface area contributed by atoms with Gasteiger partial charge in [-0.1, -0.05) is 6.57 Å². The van der Waals surface area contributed by atoms with E-state index in [0.717, 1.165) is 7.05 Å². The van der Waals surface area contributed by atoms with Crippen molar-refractivity contribution in [2.75, 3.05) is 0 Å². The van der Waals surface area contributed by atoms with Gasteiger partial charge in [-0.05, 0) is 0 Å². The summed E-state index contributed by atoms with van der Waals surface area (Å²) in [6, 6.07) is 0.412. The van der Waals surface area contributed by atoms with E-state index in [-0.39, 0.29) is 0 Å². The number of aromatic nitrogens is 1. The van der Waals surface area contributed by atoms with Crippen molar-refractivity contribution in [2.24, 2.45) is 7.05 Å². The summed E-state index contributed by atoms with van der Waals surface area (Å²) in [5.74, 6) is -2.70. The third-order valence-electron chi connectivity index (χ3n) is 1.40. The van der Waals surface area contributed by atoms with Gasteiger partial charge in [-0.3, -0.25) is 4.57 Å². The molecule has 12 heavy (non-hydrogen) atoms. The SMILES string of the molecule is [C-]#[N+]c1c(F)cc(F)c(=O)n1C. The van der Waals surface area contributed by atoms with Gasteiger partial charge in [0.15, 0.2) is 0 Å². The van der Waals surface area contributed by atoms with Gasteiger partial charge in [0.2, 0.25) is 5.82 Å². The second-order valence-electron chi connectivity index (χ2n) is 2.14. The summed E-state index contributed by atoms with van der Waals surface area (Å²) in [7, 11) is 1.14. The Labute approximate surface area is 66.7 Å². The molecule has 0 aliphatic rings. The van der Waals surface area contributed by atoms with Crippen molar-refractivity contribution >= 4 is 5.82 Å². The van der Waals surface area contributed by atoms with Crippen molar-refractivity contribution in [1.29, 1.82) is 0 Å². The third kappa shape index (κ3) is 1.07. The van der Waals surface area contributed by atoms with Gasteiger partial charge >= 0.3 is 5.56 Å². The number of rotatable bonds is 0. The lowest BCUT2D eigenvalue weighted by Crippen LogP contribution is -2.20. The minimum atomic E-state index is -1.19. The van der Waals surface area contributed by atoms with Gasteiger partial charge in [-0.15, -0.1) is 0 Å². The summed E-state index contributed by atoms with van der Waals surface area (Å²) < 4.78 is 25.8. The first-order valence-electron chi connectivity index (χ1n) is 3.00. The van der Waals surface area contributed by atoms with E-state index in [4.69, 9.17) is 6.57 Å². The molecule has 0 aliphatic carbocycles. The average molecular weight is 170 g/mol. The summed E-state index contributed by atoms with van der Waals surface area (Å²) >= 11 is 0. The zero-order chi connectivity index (χ0) is 9.30. The van der Waals surface area contributed by atoms with Gasteiger partial charge in [0.25, 0.3) is 5.82 Å². The van der Waals surface area contributed by atoms with Gasteiger partial charge in [0.05, 0.1) is 7.05 Å². The Bertz CT molecular complexity index is 417. The van der Waals surface area contributed by atoms with E-state index < -0.39 is 23.0 Å². The highest BCUT2D eigenvalue weighted by molar-refractivity contribution is 5.38. The number of halogens is 2. The number of pyridine rings is 1. The number of hydrogen-bond donors (Lipinski definition) is 0. The average Bonchev–Trinajstić information content (AvgIpc) is 2.01. The van der Waals surface area contributed by atoms with Gasteiger partial charge in [0.1, 0.15) is 5.82 Å². The van der Waals surface area contributed by atoms with Crippen LogP contribution in [0.5, 0.6) is 0 Å². The second-order valence-corrected chi connectivity index (χ2v) is 2.14. The molecule has 1 aromatic heterocycles. The molecule has 5 heteroatoms. The van der Waals surface area contributed by atoms with Crippen LogP contribution in [-0.2, 0) is 7.05 Å². The van der Waals surface area contributed by atoms with Crippen molar-refractivity contribution in [3.8, 4) is 0 Å². The van der Waals surface area contributed by atoms with Crippen LogP contribution < -0.4 is 5.56 Å². The molecule has 1 heterocycles. The fourth-order valence-electron chi connectivity index (χ4n) is 0.783. The highest BCUT2D eigenvalue weighted by Gasteiger charge is 2.12. The van der Waals surface area contributed by atoms with Crippen molar-refractivity contribution < 1.29 is 8.78 Å². The highest BCUT2D eigenvalue weighted by Crippen LogP contribution is 2.14. The molecular formula is C7H4F2N2O. The summed E-state index contributed by atoms with van der Waals surface area (Å²) in [6.45, 7) is 6.50. The van der Waals surface area contributed by atoms with Crippen LogP contribution in [0.4, 0.5) is 14.6 Å². The Morgan fingerprint density at radius 1 is 1.50 bits per heavy atom. The minimum absolute atomic E-state index is 0.412. The molecule has 0 bridgehead atoms. The fraction of sp³-hybridized carbons (Fsp3) is 0.143. The topological polar surface area (TPSA) is 26.4 Å². The Balaban J connectivity index is 3.66. The van der Waals surface area contributed by atoms with E-state index in [1.807, 2.05) is 0 Å². The first-order valence-corrected chi connectivity index (χ1v) is 3.00. The molecule has 0 aliphatic heterocycles. The van der Waals surface area contributed by atoms with E-state index in [1.165, 1.54) is 0 Å². The van der Waals surface area contributed by atoms with Gasteiger partial charge in [-0.2, -0.15) is 4.39 Å². The lowest BCUT2D eigenvalue weighted by atomic mass is 10.4. The molecule has 0 radical (unpaired) electrons. The van der Waals surface area contributed by atoms with Crippen LogP contribution in [0.2, 0.25) is 0 Å². The van der Waals surface area contributed by atoms with Gasteiger partial charge in [0, 0.05) is 6.07 Å². The van der Waals surface area contributed by atoms with E-state index >= 15 is 0 Å². The number of nitrogens with zero attached hydrogens (tertiary/aromatic N) is 2. The summed E-state index contributed by atoms with van der Waals surface area (Å²) in [6.07, 6.45) is 0. The molecule has 0 unspecified atom stereocenters. The first kappa shape index (κ1) is 8.40. The lowest BCUT2D eigenvalue weighted by Gasteiger charge is -1.99. The standard InChI is InChI=1S/C7H4F2N2O/c1-10-6-4(8)3-5(9)7(12)11(6)2/h3H,2H3. The maximum atomic E-state index is 12.7. The van der Waals surface area contributed by atoms with Crippen LogP contribution in [0.25, 0.3) is 4.85 Å². The summed E-state index contributed by atoms with van der Waals surface area (Å²) in [5, 5.41) is 0. The van der Waals surface area contributed by atoms with E-state index in [0.29, 0.717) is 10.6 Å². The highest BCUT2D eigenvalue weighted by atomic mass is 19.1. The number of hydrogen-bond acceptors (Lipinski definition) is 1. The predicted octanol–water partition coefficient (Wildman–Crippen LogP) is 1.21. The van der Waals surface area contributed by atoms with Gasteiger partial charge < -0.3 is 4.85 Å². The van der Waals surface area contributed by atoms with Gasteiger partial charge in [-0.25, -0.2) is 9.18 Å². The Hall–Kier alpha value is -1.70. The molecule has 1 aromatic rings. The minimum Gasteiger partial charge on any atom is -0.361 e. The van der Waals surface area contributed by atoms with Crippen molar-refractivity contribution in [3.63, 3.8) is 0 Å². The Morgan fingerprint density at radius 2 is 2.08 bits per heavy atom. The van der Waals surface area contributed by atoms with Crippen LogP contribution in [0.15, 0.2) is 10.9 Å². The van der Waals surface area contributed by atoms with Crippen molar-refractivity contribution in [2.45, 2.75) is 0 Å². The largest absolute Gasteiger partial charge is 0.361 e. The monoisotopic (exact) mass is 170 g/mol. The van der Waals surface area contributed by atoms with Crippen molar-refractivity contribution in [1.82, 2.24) is 4.57 Å². The molecule has 0 saturated heterocycles. The molecule has 0 atom stereocenters. The van der Waals surface area contributed by atoms with E-state index in [1.54, 1.807) is 0 Å². The van der Waals surface area contributed by atoms with E-state index in [9.17, 15) is 13.6 Å². The molecule has 0 fully saturated rings. The molecule has 0 N–H and O–H groups in total. The molecule has 0 spiro atoms. The molecular weight excluding hydrogens is 166 g/mol. The van der Waals surface area contributed by atoms with Crippen LogP contribution in [0, 0.1) is 18.2 Å². The Kier molecular flexibility index (Phi) is 1.92.